The van der Waals surface area contributed by atoms with E-state index in [4.69, 9.17) is 11.6 Å². The smallest absolute Gasteiger partial charge is 0.123 e. The Morgan fingerprint density at radius 1 is 1.38 bits per heavy atom. The second-order valence-corrected chi connectivity index (χ2v) is 5.34. The first-order chi connectivity index (χ1) is 7.72. The zero-order valence-electron chi connectivity index (χ0n) is 9.10. The summed E-state index contributed by atoms with van der Waals surface area (Å²) in [6.45, 7) is 1.08. The Kier molecular flexibility index (Phi) is 2.45. The van der Waals surface area contributed by atoms with Gasteiger partial charge < -0.3 is 5.32 Å². The van der Waals surface area contributed by atoms with Gasteiger partial charge in [0, 0.05) is 16.5 Å². The number of hydrogen-bond donors (Lipinski definition) is 1. The van der Waals surface area contributed by atoms with Crippen molar-refractivity contribution in [2.24, 2.45) is 0 Å². The SMILES string of the molecule is Fc1ccc(Cl)c(C2(C3CCCN3)CC2)c1. The van der Waals surface area contributed by atoms with E-state index in [2.05, 4.69) is 5.32 Å². The molecule has 1 aromatic rings. The van der Waals surface area contributed by atoms with Crippen molar-refractivity contribution in [2.45, 2.75) is 37.1 Å². The van der Waals surface area contributed by atoms with Crippen LogP contribution in [0, 0.1) is 5.82 Å². The van der Waals surface area contributed by atoms with Crippen LogP contribution in [0.1, 0.15) is 31.2 Å². The largest absolute Gasteiger partial charge is 0.313 e. The van der Waals surface area contributed by atoms with Gasteiger partial charge in [0.05, 0.1) is 0 Å². The van der Waals surface area contributed by atoms with Crippen molar-refractivity contribution in [3.05, 3.63) is 34.6 Å². The van der Waals surface area contributed by atoms with Crippen LogP contribution in [0.4, 0.5) is 4.39 Å². The van der Waals surface area contributed by atoms with E-state index in [1.807, 2.05) is 0 Å². The summed E-state index contributed by atoms with van der Waals surface area (Å²) in [6, 6.07) is 5.23. The molecule has 2 fully saturated rings. The second kappa shape index (κ2) is 3.71. The lowest BCUT2D eigenvalue weighted by molar-refractivity contribution is 0.470. The summed E-state index contributed by atoms with van der Waals surface area (Å²) in [5.41, 5.74) is 1.13. The quantitative estimate of drug-likeness (QED) is 0.835. The number of hydrogen-bond acceptors (Lipinski definition) is 1. The maximum absolute atomic E-state index is 13.3. The Morgan fingerprint density at radius 2 is 2.19 bits per heavy atom. The van der Waals surface area contributed by atoms with Gasteiger partial charge in [-0.05, 0) is 56.0 Å². The number of halogens is 2. The number of benzene rings is 1. The molecule has 1 nitrogen and oxygen atoms in total. The van der Waals surface area contributed by atoms with Crippen LogP contribution >= 0.6 is 11.6 Å². The fourth-order valence-electron chi connectivity index (χ4n) is 2.98. The average molecular weight is 240 g/mol. The molecule has 1 aromatic carbocycles. The molecule has 0 spiro atoms. The molecule has 1 saturated heterocycles. The van der Waals surface area contributed by atoms with Crippen LogP contribution in [0.2, 0.25) is 5.02 Å². The number of nitrogens with one attached hydrogen (secondary N) is 1. The lowest BCUT2D eigenvalue weighted by atomic mass is 9.87. The zero-order chi connectivity index (χ0) is 11.2. The van der Waals surface area contributed by atoms with Crippen LogP contribution in [-0.2, 0) is 5.41 Å². The highest BCUT2D eigenvalue weighted by Crippen LogP contribution is 2.54. The second-order valence-electron chi connectivity index (χ2n) is 4.93. The van der Waals surface area contributed by atoms with E-state index in [-0.39, 0.29) is 11.2 Å². The van der Waals surface area contributed by atoms with Gasteiger partial charge in [0.2, 0.25) is 0 Å². The van der Waals surface area contributed by atoms with Gasteiger partial charge in [-0.1, -0.05) is 11.6 Å². The predicted octanol–water partition coefficient (Wildman–Crippen LogP) is 3.26. The molecule has 0 bridgehead atoms. The van der Waals surface area contributed by atoms with E-state index in [0.717, 1.165) is 24.9 Å². The van der Waals surface area contributed by atoms with E-state index in [1.165, 1.54) is 18.9 Å². The standard InChI is InChI=1S/C13H15ClFN/c14-11-4-3-9(15)8-10(11)13(5-6-13)12-2-1-7-16-12/h3-4,8,12,16H,1-2,5-7H2. The van der Waals surface area contributed by atoms with Gasteiger partial charge in [-0.25, -0.2) is 4.39 Å². The lowest BCUT2D eigenvalue weighted by Crippen LogP contribution is -2.35. The van der Waals surface area contributed by atoms with Gasteiger partial charge in [-0.3, -0.25) is 0 Å². The fraction of sp³-hybridized carbons (Fsp3) is 0.538. The molecule has 16 heavy (non-hydrogen) atoms. The molecule has 3 rings (SSSR count). The molecule has 1 saturated carbocycles. The molecule has 1 heterocycles. The predicted molar refractivity (Wildman–Crippen MR) is 63.3 cm³/mol. The van der Waals surface area contributed by atoms with Gasteiger partial charge >= 0.3 is 0 Å². The van der Waals surface area contributed by atoms with Crippen molar-refractivity contribution in [3.8, 4) is 0 Å². The molecule has 0 amide bonds. The van der Waals surface area contributed by atoms with Crippen molar-refractivity contribution in [2.75, 3.05) is 6.54 Å². The highest BCUT2D eigenvalue weighted by molar-refractivity contribution is 6.31. The van der Waals surface area contributed by atoms with Crippen molar-refractivity contribution in [3.63, 3.8) is 0 Å². The van der Waals surface area contributed by atoms with Crippen LogP contribution in [0.15, 0.2) is 18.2 Å². The minimum Gasteiger partial charge on any atom is -0.313 e. The number of rotatable bonds is 2. The third kappa shape index (κ3) is 1.56. The van der Waals surface area contributed by atoms with Crippen LogP contribution in [0.25, 0.3) is 0 Å². The van der Waals surface area contributed by atoms with Crippen LogP contribution in [-0.4, -0.2) is 12.6 Å². The first-order valence-electron chi connectivity index (χ1n) is 5.91. The Labute approximate surface area is 100.0 Å². The van der Waals surface area contributed by atoms with Gasteiger partial charge in [0.1, 0.15) is 5.82 Å². The third-order valence-corrected chi connectivity index (χ3v) is 4.31. The molecule has 1 N–H and O–H groups in total. The highest BCUT2D eigenvalue weighted by atomic mass is 35.5. The topological polar surface area (TPSA) is 12.0 Å². The summed E-state index contributed by atoms with van der Waals surface area (Å²) < 4.78 is 13.3. The van der Waals surface area contributed by atoms with Gasteiger partial charge in [0.15, 0.2) is 0 Å². The summed E-state index contributed by atoms with van der Waals surface area (Å²) in [7, 11) is 0. The maximum Gasteiger partial charge on any atom is 0.123 e. The highest BCUT2D eigenvalue weighted by Gasteiger charge is 2.52. The minimum absolute atomic E-state index is 0.121. The minimum atomic E-state index is -0.177. The molecule has 1 unspecified atom stereocenters. The van der Waals surface area contributed by atoms with Gasteiger partial charge in [-0.15, -0.1) is 0 Å². The molecule has 1 aliphatic heterocycles. The van der Waals surface area contributed by atoms with Crippen molar-refractivity contribution < 1.29 is 4.39 Å². The van der Waals surface area contributed by atoms with Crippen LogP contribution in [0.3, 0.4) is 0 Å². The van der Waals surface area contributed by atoms with Crippen LogP contribution < -0.4 is 5.32 Å². The van der Waals surface area contributed by atoms with Crippen molar-refractivity contribution in [1.29, 1.82) is 0 Å². The first-order valence-corrected chi connectivity index (χ1v) is 6.29. The van der Waals surface area contributed by atoms with Crippen LogP contribution in [0.5, 0.6) is 0 Å². The Balaban J connectivity index is 1.98. The molecule has 86 valence electrons. The van der Waals surface area contributed by atoms with Gasteiger partial charge in [-0.2, -0.15) is 0 Å². The molecule has 0 radical (unpaired) electrons. The van der Waals surface area contributed by atoms with Crippen molar-refractivity contribution >= 4 is 11.6 Å². The normalized spacial score (nSPS) is 27.0. The molecule has 1 aliphatic carbocycles. The summed E-state index contributed by atoms with van der Waals surface area (Å²) in [6.07, 6.45) is 4.67. The maximum atomic E-state index is 13.3. The summed E-state index contributed by atoms with van der Waals surface area (Å²) >= 11 is 6.20. The molecular weight excluding hydrogens is 225 g/mol. The fourth-order valence-corrected chi connectivity index (χ4v) is 3.28. The lowest BCUT2D eigenvalue weighted by Gasteiger charge is -2.24. The zero-order valence-corrected chi connectivity index (χ0v) is 9.86. The van der Waals surface area contributed by atoms with E-state index in [0.29, 0.717) is 11.1 Å². The first kappa shape index (κ1) is 10.5. The van der Waals surface area contributed by atoms with E-state index < -0.39 is 0 Å². The Bertz CT molecular complexity index is 408. The molecule has 1 atom stereocenters. The average Bonchev–Trinajstić information content (AvgIpc) is 2.89. The molecular formula is C13H15ClFN. The Hall–Kier alpha value is -0.600. The van der Waals surface area contributed by atoms with Crippen molar-refractivity contribution in [1.82, 2.24) is 5.32 Å². The molecule has 0 aromatic heterocycles. The Morgan fingerprint density at radius 3 is 2.81 bits per heavy atom. The monoisotopic (exact) mass is 239 g/mol. The molecule has 3 heteroatoms. The third-order valence-electron chi connectivity index (χ3n) is 3.98. The summed E-state index contributed by atoms with van der Waals surface area (Å²) in [4.78, 5) is 0. The summed E-state index contributed by atoms with van der Waals surface area (Å²) in [5, 5.41) is 4.24. The van der Waals surface area contributed by atoms with E-state index >= 15 is 0 Å². The van der Waals surface area contributed by atoms with E-state index in [9.17, 15) is 4.39 Å². The van der Waals surface area contributed by atoms with Gasteiger partial charge in [0.25, 0.3) is 0 Å². The summed E-state index contributed by atoms with van der Waals surface area (Å²) in [5.74, 6) is -0.177. The van der Waals surface area contributed by atoms with E-state index in [1.54, 1.807) is 12.1 Å². The molecule has 2 aliphatic rings.